The van der Waals surface area contributed by atoms with Crippen LogP contribution in [0.25, 0.3) is 0 Å². The van der Waals surface area contributed by atoms with Crippen LogP contribution in [0.1, 0.15) is 22.8 Å². The molecule has 0 heterocycles. The maximum Gasteiger partial charge on any atom is 0.127 e. The first-order valence-electron chi connectivity index (χ1n) is 6.86. The van der Waals surface area contributed by atoms with Crippen molar-refractivity contribution in [3.8, 4) is 0 Å². The fourth-order valence-corrected chi connectivity index (χ4v) is 2.96. The van der Waals surface area contributed by atoms with Gasteiger partial charge in [-0.05, 0) is 30.7 Å². The molecule has 2 nitrogen and oxygen atoms in total. The Morgan fingerprint density at radius 1 is 1.15 bits per heavy atom. The van der Waals surface area contributed by atoms with E-state index in [1.807, 2.05) is 36.2 Å². The van der Waals surface area contributed by atoms with E-state index in [0.29, 0.717) is 12.1 Å². The molecule has 0 aromatic heterocycles. The van der Waals surface area contributed by atoms with Crippen molar-refractivity contribution in [1.82, 2.24) is 4.90 Å². The van der Waals surface area contributed by atoms with E-state index in [-0.39, 0.29) is 11.9 Å². The van der Waals surface area contributed by atoms with E-state index < -0.39 is 6.10 Å². The van der Waals surface area contributed by atoms with E-state index in [2.05, 4.69) is 6.07 Å². The number of fused-ring (bicyclic) bond motifs is 1. The lowest BCUT2D eigenvalue weighted by Crippen LogP contribution is -2.34. The maximum atomic E-state index is 13.7. The van der Waals surface area contributed by atoms with Crippen LogP contribution in [-0.2, 0) is 13.0 Å². The van der Waals surface area contributed by atoms with Crippen molar-refractivity contribution in [2.45, 2.75) is 25.1 Å². The summed E-state index contributed by atoms with van der Waals surface area (Å²) in [5.41, 5.74) is 2.85. The lowest BCUT2D eigenvalue weighted by atomic mass is 10.1. The second-order valence-corrected chi connectivity index (χ2v) is 5.42. The molecule has 1 aliphatic carbocycles. The van der Waals surface area contributed by atoms with Gasteiger partial charge in [0.1, 0.15) is 5.82 Å². The number of halogens is 1. The Balaban J connectivity index is 1.77. The zero-order chi connectivity index (χ0) is 14.1. The second kappa shape index (κ2) is 5.35. The molecule has 0 fully saturated rings. The van der Waals surface area contributed by atoms with Crippen LogP contribution in [0.4, 0.5) is 4.39 Å². The third kappa shape index (κ3) is 2.35. The first-order chi connectivity index (χ1) is 9.66. The Hall–Kier alpha value is -1.71. The minimum Gasteiger partial charge on any atom is -0.387 e. The Kier molecular flexibility index (Phi) is 3.55. The number of aliphatic hydroxyl groups excluding tert-OH is 1. The highest BCUT2D eigenvalue weighted by atomic mass is 19.1. The van der Waals surface area contributed by atoms with Crippen molar-refractivity contribution < 1.29 is 9.50 Å². The molecule has 0 saturated heterocycles. The molecule has 2 aromatic carbocycles. The average molecular weight is 271 g/mol. The number of aliphatic hydroxyl groups is 1. The third-order valence-electron chi connectivity index (χ3n) is 4.11. The molecule has 104 valence electrons. The number of hydrogen-bond donors (Lipinski definition) is 1. The highest BCUT2D eigenvalue weighted by Crippen LogP contribution is 2.34. The van der Waals surface area contributed by atoms with Gasteiger partial charge in [-0.3, -0.25) is 4.90 Å². The van der Waals surface area contributed by atoms with Crippen LogP contribution in [0.15, 0.2) is 48.5 Å². The summed E-state index contributed by atoms with van der Waals surface area (Å²) >= 11 is 0. The summed E-state index contributed by atoms with van der Waals surface area (Å²) in [4.78, 5) is 2.03. The normalized spacial score (nSPS) is 21.2. The highest BCUT2D eigenvalue weighted by molar-refractivity contribution is 5.36. The summed E-state index contributed by atoms with van der Waals surface area (Å²) in [5.74, 6) is -0.190. The molecule has 2 unspecified atom stereocenters. The first-order valence-corrected chi connectivity index (χ1v) is 6.86. The van der Waals surface area contributed by atoms with Crippen LogP contribution in [0.3, 0.4) is 0 Å². The minimum absolute atomic E-state index is 0.00649. The summed E-state index contributed by atoms with van der Waals surface area (Å²) in [5, 5.41) is 10.4. The standard InChI is InChI=1S/C17H18FNO/c1-19(11-13-7-3-5-9-15(13)18)16-10-12-6-2-4-8-14(12)17(16)20/h2-9,16-17,20H,10-11H2,1H3. The first kappa shape index (κ1) is 13.3. The van der Waals surface area contributed by atoms with Crippen LogP contribution >= 0.6 is 0 Å². The summed E-state index contributed by atoms with van der Waals surface area (Å²) in [7, 11) is 1.94. The van der Waals surface area contributed by atoms with Crippen molar-refractivity contribution in [3.05, 3.63) is 71.0 Å². The molecular formula is C17H18FNO. The van der Waals surface area contributed by atoms with Gasteiger partial charge < -0.3 is 5.11 Å². The Morgan fingerprint density at radius 3 is 2.60 bits per heavy atom. The summed E-state index contributed by atoms with van der Waals surface area (Å²) in [6, 6.07) is 14.8. The van der Waals surface area contributed by atoms with Crippen molar-refractivity contribution in [3.63, 3.8) is 0 Å². The smallest absolute Gasteiger partial charge is 0.127 e. The summed E-state index contributed by atoms with van der Waals surface area (Å²) in [6.07, 6.45) is 0.311. The molecule has 0 aliphatic heterocycles. The van der Waals surface area contributed by atoms with Gasteiger partial charge in [0.2, 0.25) is 0 Å². The third-order valence-corrected chi connectivity index (χ3v) is 4.11. The molecule has 2 aromatic rings. The topological polar surface area (TPSA) is 23.5 Å². The fourth-order valence-electron chi connectivity index (χ4n) is 2.96. The Labute approximate surface area is 118 Å². The van der Waals surface area contributed by atoms with Gasteiger partial charge in [-0.2, -0.15) is 0 Å². The van der Waals surface area contributed by atoms with Crippen LogP contribution in [0.5, 0.6) is 0 Å². The molecule has 20 heavy (non-hydrogen) atoms. The predicted octanol–water partition coefficient (Wildman–Crippen LogP) is 2.92. The predicted molar refractivity (Wildman–Crippen MR) is 76.8 cm³/mol. The Morgan fingerprint density at radius 2 is 1.85 bits per heavy atom. The van der Waals surface area contributed by atoms with E-state index in [1.165, 1.54) is 11.6 Å². The molecule has 3 heteroatoms. The average Bonchev–Trinajstić information content (AvgIpc) is 2.79. The van der Waals surface area contributed by atoms with E-state index in [0.717, 1.165) is 12.0 Å². The number of benzene rings is 2. The van der Waals surface area contributed by atoms with Gasteiger partial charge in [-0.15, -0.1) is 0 Å². The van der Waals surface area contributed by atoms with Gasteiger partial charge >= 0.3 is 0 Å². The lowest BCUT2D eigenvalue weighted by Gasteiger charge is -2.27. The fraction of sp³-hybridized carbons (Fsp3) is 0.294. The van der Waals surface area contributed by atoms with Crippen LogP contribution in [0.2, 0.25) is 0 Å². The molecule has 0 bridgehead atoms. The number of nitrogens with zero attached hydrogens (tertiary/aromatic N) is 1. The maximum absolute atomic E-state index is 13.7. The Bertz CT molecular complexity index is 613. The highest BCUT2D eigenvalue weighted by Gasteiger charge is 2.33. The molecule has 0 spiro atoms. The second-order valence-electron chi connectivity index (χ2n) is 5.42. The molecule has 0 amide bonds. The molecule has 0 radical (unpaired) electrons. The van der Waals surface area contributed by atoms with Gasteiger partial charge in [0, 0.05) is 18.2 Å². The van der Waals surface area contributed by atoms with E-state index >= 15 is 0 Å². The minimum atomic E-state index is -0.497. The molecular weight excluding hydrogens is 253 g/mol. The number of likely N-dealkylation sites (N-methyl/N-ethyl adjacent to an activating group) is 1. The van der Waals surface area contributed by atoms with Crippen molar-refractivity contribution in [2.24, 2.45) is 0 Å². The van der Waals surface area contributed by atoms with Gasteiger partial charge in [-0.1, -0.05) is 42.5 Å². The van der Waals surface area contributed by atoms with Crippen molar-refractivity contribution in [1.29, 1.82) is 0 Å². The van der Waals surface area contributed by atoms with Crippen LogP contribution in [-0.4, -0.2) is 23.1 Å². The zero-order valence-electron chi connectivity index (χ0n) is 11.5. The lowest BCUT2D eigenvalue weighted by molar-refractivity contribution is 0.0715. The number of rotatable bonds is 3. The zero-order valence-corrected chi connectivity index (χ0v) is 11.5. The van der Waals surface area contributed by atoms with E-state index in [9.17, 15) is 9.50 Å². The monoisotopic (exact) mass is 271 g/mol. The van der Waals surface area contributed by atoms with Gasteiger partial charge in [-0.25, -0.2) is 4.39 Å². The largest absolute Gasteiger partial charge is 0.387 e. The van der Waals surface area contributed by atoms with Crippen LogP contribution in [0, 0.1) is 5.82 Å². The number of hydrogen-bond acceptors (Lipinski definition) is 2. The molecule has 1 N–H and O–H groups in total. The van der Waals surface area contributed by atoms with E-state index in [4.69, 9.17) is 0 Å². The summed E-state index contributed by atoms with van der Waals surface area (Å²) in [6.45, 7) is 0.502. The molecule has 0 saturated carbocycles. The molecule has 3 rings (SSSR count). The SMILES string of the molecule is CN(Cc1ccccc1F)C1Cc2ccccc2C1O. The van der Waals surface area contributed by atoms with Gasteiger partial charge in [0.25, 0.3) is 0 Å². The van der Waals surface area contributed by atoms with Crippen LogP contribution < -0.4 is 0 Å². The molecule has 2 atom stereocenters. The van der Waals surface area contributed by atoms with E-state index in [1.54, 1.807) is 12.1 Å². The van der Waals surface area contributed by atoms with Gasteiger partial charge in [0.15, 0.2) is 0 Å². The van der Waals surface area contributed by atoms with Crippen molar-refractivity contribution >= 4 is 0 Å². The summed E-state index contributed by atoms with van der Waals surface area (Å²) < 4.78 is 13.7. The molecule has 1 aliphatic rings. The van der Waals surface area contributed by atoms with Gasteiger partial charge in [0.05, 0.1) is 6.10 Å². The van der Waals surface area contributed by atoms with Crippen molar-refractivity contribution in [2.75, 3.05) is 7.05 Å². The quantitative estimate of drug-likeness (QED) is 0.928.